The number of fused-ring (bicyclic) bond motifs is 2. The summed E-state index contributed by atoms with van der Waals surface area (Å²) in [5.74, 6) is 0. The van der Waals surface area contributed by atoms with Crippen LogP contribution in [0.5, 0.6) is 0 Å². The summed E-state index contributed by atoms with van der Waals surface area (Å²) in [6, 6.07) is 13.9. The van der Waals surface area contributed by atoms with Gasteiger partial charge in [-0.25, -0.2) is 0 Å². The van der Waals surface area contributed by atoms with Crippen LogP contribution in [-0.4, -0.2) is 4.57 Å². The molecule has 27 heavy (non-hydrogen) atoms. The molecule has 0 saturated heterocycles. The molecule has 0 aliphatic rings. The molecule has 0 amide bonds. The molecule has 0 spiro atoms. The zero-order valence-electron chi connectivity index (χ0n) is 15.2. The Labute approximate surface area is 175 Å². The van der Waals surface area contributed by atoms with Crippen LogP contribution in [0.3, 0.4) is 0 Å². The maximum Gasteiger partial charge on any atom is 0.0587 e. The molecule has 1 nitrogen and oxygen atoms in total. The highest BCUT2D eigenvalue weighted by Gasteiger charge is 2.16. The van der Waals surface area contributed by atoms with Crippen molar-refractivity contribution in [1.82, 2.24) is 4.57 Å². The van der Waals surface area contributed by atoms with Gasteiger partial charge in [-0.15, -0.1) is 45.3 Å². The molecule has 0 aliphatic heterocycles. The second kappa shape index (κ2) is 7.55. The Morgan fingerprint density at radius 3 is 1.81 bits per heavy atom. The molecule has 0 unspecified atom stereocenters. The first kappa shape index (κ1) is 17.7. The zero-order valence-corrected chi connectivity index (χ0v) is 18.5. The van der Waals surface area contributed by atoms with Gasteiger partial charge in [-0.3, -0.25) is 0 Å². The lowest BCUT2D eigenvalue weighted by Crippen LogP contribution is -2.01. The lowest BCUT2D eigenvalue weighted by molar-refractivity contribution is 0.591. The van der Waals surface area contributed by atoms with Gasteiger partial charge in [0, 0.05) is 25.3 Å². The Hall–Kier alpha value is -1.40. The highest BCUT2D eigenvalue weighted by Crippen LogP contribution is 2.41. The molecule has 0 aromatic carbocycles. The van der Waals surface area contributed by atoms with Crippen LogP contribution in [0.2, 0.25) is 0 Å². The van der Waals surface area contributed by atoms with E-state index in [9.17, 15) is 0 Å². The molecule has 0 radical (unpaired) electrons. The van der Waals surface area contributed by atoms with Gasteiger partial charge in [-0.1, -0.05) is 26.2 Å². The molecule has 5 heteroatoms. The van der Waals surface area contributed by atoms with Crippen LogP contribution >= 0.6 is 45.3 Å². The smallest absolute Gasteiger partial charge is 0.0587 e. The minimum Gasteiger partial charge on any atom is -0.339 e. The quantitative estimate of drug-likeness (QED) is 0.228. The Kier molecular flexibility index (Phi) is 4.94. The van der Waals surface area contributed by atoms with E-state index < -0.39 is 0 Å². The Bertz CT molecular complexity index is 1040. The standard InChI is InChI=1S/C22H21NS4/c1-2-3-4-5-10-23-15(19-13-21-17(26-19)8-11-24-21)6-7-16(23)20-14-22-18(27-20)9-12-25-22/h6-9,11-14H,2-5,10H2,1H3. The van der Waals surface area contributed by atoms with Crippen molar-refractivity contribution in [2.75, 3.05) is 0 Å². The molecule has 0 fully saturated rings. The number of hydrogen-bond donors (Lipinski definition) is 0. The molecule has 5 heterocycles. The Morgan fingerprint density at radius 1 is 0.704 bits per heavy atom. The summed E-state index contributed by atoms with van der Waals surface area (Å²) in [5.41, 5.74) is 2.76. The summed E-state index contributed by atoms with van der Waals surface area (Å²) < 4.78 is 8.21. The first-order valence-electron chi connectivity index (χ1n) is 9.48. The second-order valence-electron chi connectivity index (χ2n) is 6.84. The predicted octanol–water partition coefficient (Wildman–Crippen LogP) is 8.95. The summed E-state index contributed by atoms with van der Waals surface area (Å²) in [7, 11) is 0. The van der Waals surface area contributed by atoms with Crippen LogP contribution in [-0.2, 0) is 6.54 Å². The van der Waals surface area contributed by atoms with Gasteiger partial charge in [0.15, 0.2) is 0 Å². The predicted molar refractivity (Wildman–Crippen MR) is 126 cm³/mol. The fourth-order valence-electron chi connectivity index (χ4n) is 3.62. The molecule has 0 saturated carbocycles. The molecule has 0 atom stereocenters. The minimum absolute atomic E-state index is 1.11. The average molecular weight is 428 g/mol. The van der Waals surface area contributed by atoms with Gasteiger partial charge in [-0.2, -0.15) is 0 Å². The fraction of sp³-hybridized carbons (Fsp3) is 0.273. The summed E-state index contributed by atoms with van der Waals surface area (Å²) in [4.78, 5) is 2.80. The lowest BCUT2D eigenvalue weighted by Gasteiger charge is -2.12. The van der Waals surface area contributed by atoms with Gasteiger partial charge in [0.1, 0.15) is 0 Å². The molecule has 138 valence electrons. The number of nitrogens with zero attached hydrogens (tertiary/aromatic N) is 1. The zero-order chi connectivity index (χ0) is 18.2. The van der Waals surface area contributed by atoms with Crippen LogP contribution in [0.1, 0.15) is 32.6 Å². The maximum atomic E-state index is 2.57. The average Bonchev–Trinajstić information content (AvgIpc) is 3.42. The minimum atomic E-state index is 1.11. The van der Waals surface area contributed by atoms with Crippen LogP contribution in [0.15, 0.2) is 47.2 Å². The van der Waals surface area contributed by atoms with E-state index in [4.69, 9.17) is 0 Å². The number of aromatic nitrogens is 1. The summed E-state index contributed by atoms with van der Waals surface area (Å²) in [6.07, 6.45) is 5.18. The number of hydrogen-bond acceptors (Lipinski definition) is 4. The van der Waals surface area contributed by atoms with Gasteiger partial charge in [0.2, 0.25) is 0 Å². The van der Waals surface area contributed by atoms with E-state index >= 15 is 0 Å². The van der Waals surface area contributed by atoms with Gasteiger partial charge in [0.25, 0.3) is 0 Å². The summed E-state index contributed by atoms with van der Waals surface area (Å²) in [5, 5.41) is 4.39. The van der Waals surface area contributed by atoms with Gasteiger partial charge in [0.05, 0.1) is 21.1 Å². The molecular formula is C22H21NS4. The van der Waals surface area contributed by atoms with Crippen molar-refractivity contribution in [2.45, 2.75) is 39.2 Å². The van der Waals surface area contributed by atoms with E-state index in [0.29, 0.717) is 0 Å². The highest BCUT2D eigenvalue weighted by atomic mass is 32.1. The second-order valence-corrected chi connectivity index (χ2v) is 10.9. The van der Waals surface area contributed by atoms with Crippen molar-refractivity contribution in [3.63, 3.8) is 0 Å². The summed E-state index contributed by atoms with van der Waals surface area (Å²) >= 11 is 7.54. The van der Waals surface area contributed by atoms with Crippen LogP contribution in [0.25, 0.3) is 39.9 Å². The third kappa shape index (κ3) is 3.31. The first-order valence-corrected chi connectivity index (χ1v) is 12.9. The fourth-order valence-corrected chi connectivity index (χ4v) is 7.91. The van der Waals surface area contributed by atoms with Crippen molar-refractivity contribution in [3.8, 4) is 21.1 Å². The van der Waals surface area contributed by atoms with Crippen molar-refractivity contribution in [2.24, 2.45) is 0 Å². The van der Waals surface area contributed by atoms with Crippen molar-refractivity contribution in [1.29, 1.82) is 0 Å². The molecule has 0 aliphatic carbocycles. The molecule has 5 aromatic rings. The van der Waals surface area contributed by atoms with E-state index in [1.165, 1.54) is 65.6 Å². The van der Waals surface area contributed by atoms with E-state index in [1.807, 2.05) is 45.3 Å². The molecule has 0 N–H and O–H groups in total. The SMILES string of the molecule is CCCCCCn1c(-c2cc3sccc3s2)ccc1-c1cc2sccc2s1. The normalized spacial score (nSPS) is 11.9. The molecule has 5 aromatic heterocycles. The largest absolute Gasteiger partial charge is 0.339 e. The summed E-state index contributed by atoms with van der Waals surface area (Å²) in [6.45, 7) is 3.39. The van der Waals surface area contributed by atoms with E-state index in [1.54, 1.807) is 0 Å². The van der Waals surface area contributed by atoms with Crippen LogP contribution < -0.4 is 0 Å². The Morgan fingerprint density at radius 2 is 1.30 bits per heavy atom. The van der Waals surface area contributed by atoms with E-state index in [-0.39, 0.29) is 0 Å². The highest BCUT2D eigenvalue weighted by molar-refractivity contribution is 7.29. The third-order valence-corrected chi connectivity index (χ3v) is 9.23. The molecule has 0 bridgehead atoms. The van der Waals surface area contributed by atoms with E-state index in [0.717, 1.165) is 6.54 Å². The van der Waals surface area contributed by atoms with Crippen molar-refractivity contribution in [3.05, 3.63) is 47.2 Å². The number of rotatable bonds is 7. The monoisotopic (exact) mass is 427 g/mol. The van der Waals surface area contributed by atoms with Gasteiger partial charge < -0.3 is 4.57 Å². The van der Waals surface area contributed by atoms with Gasteiger partial charge in [-0.05, 0) is 53.6 Å². The van der Waals surface area contributed by atoms with Crippen molar-refractivity contribution < 1.29 is 0 Å². The van der Waals surface area contributed by atoms with Crippen LogP contribution in [0.4, 0.5) is 0 Å². The van der Waals surface area contributed by atoms with E-state index in [2.05, 4.69) is 58.6 Å². The van der Waals surface area contributed by atoms with Crippen molar-refractivity contribution >= 4 is 64.1 Å². The molecule has 5 rings (SSSR count). The topological polar surface area (TPSA) is 4.93 Å². The first-order chi connectivity index (χ1) is 13.3. The Balaban J connectivity index is 1.56. The lowest BCUT2D eigenvalue weighted by atomic mass is 10.2. The molecular weight excluding hydrogens is 407 g/mol. The van der Waals surface area contributed by atoms with Gasteiger partial charge >= 0.3 is 0 Å². The number of unbranched alkanes of at least 4 members (excludes halogenated alkanes) is 3. The maximum absolute atomic E-state index is 2.57. The third-order valence-electron chi connectivity index (χ3n) is 5.00. The number of thiophene rings is 4. The van der Waals surface area contributed by atoms with Crippen LogP contribution in [0, 0.1) is 0 Å².